The first-order valence-corrected chi connectivity index (χ1v) is 11.1. The number of hydrogen-bond acceptors (Lipinski definition) is 5. The summed E-state index contributed by atoms with van der Waals surface area (Å²) in [4.78, 5) is 32.2. The largest absolute Gasteiger partial charge is 0.343 e. The minimum atomic E-state index is -0.300. The summed E-state index contributed by atoms with van der Waals surface area (Å²) in [6.45, 7) is 5.58. The van der Waals surface area contributed by atoms with Crippen LogP contribution in [0.1, 0.15) is 76.2 Å². The van der Waals surface area contributed by atoms with E-state index < -0.39 is 0 Å². The van der Waals surface area contributed by atoms with E-state index in [4.69, 9.17) is 4.98 Å². The highest BCUT2D eigenvalue weighted by Crippen LogP contribution is 2.29. The average Bonchev–Trinajstić information content (AvgIpc) is 3.13. The zero-order valence-electron chi connectivity index (χ0n) is 16.6. The van der Waals surface area contributed by atoms with E-state index in [-0.39, 0.29) is 29.1 Å². The standard InChI is InChI=1S/C21H28N4O2S/c1-13-9-12-25(15-7-10-22-11-8-15)21(27)18(13)19(26)23-14(2)20-24-16-5-3-4-6-17(16)28-20/h9,12,14-15,22H,3-8,10-11H2,1-2H3,(H,23,26). The summed E-state index contributed by atoms with van der Waals surface area (Å²) < 4.78 is 1.75. The third-order valence-corrected chi connectivity index (χ3v) is 7.18. The molecule has 1 aliphatic carbocycles. The average molecular weight is 401 g/mol. The lowest BCUT2D eigenvalue weighted by Gasteiger charge is -2.25. The van der Waals surface area contributed by atoms with Crippen molar-refractivity contribution < 1.29 is 4.79 Å². The number of piperidine rings is 1. The number of fused-ring (bicyclic) bond motifs is 1. The SMILES string of the molecule is Cc1ccn(C2CCNCC2)c(=O)c1C(=O)NC(C)c1nc2c(s1)CCCC2. The van der Waals surface area contributed by atoms with Crippen molar-refractivity contribution in [2.45, 2.75) is 64.5 Å². The summed E-state index contributed by atoms with van der Waals surface area (Å²) >= 11 is 1.70. The van der Waals surface area contributed by atoms with Gasteiger partial charge in [0.25, 0.3) is 11.5 Å². The minimum absolute atomic E-state index is 0.156. The molecule has 1 unspecified atom stereocenters. The Morgan fingerprint density at radius 3 is 2.82 bits per heavy atom. The van der Waals surface area contributed by atoms with Gasteiger partial charge in [-0.1, -0.05) is 0 Å². The number of hydrogen-bond donors (Lipinski definition) is 2. The van der Waals surface area contributed by atoms with Crippen LogP contribution >= 0.6 is 11.3 Å². The first kappa shape index (κ1) is 19.3. The molecule has 7 heteroatoms. The molecule has 2 N–H and O–H groups in total. The summed E-state index contributed by atoms with van der Waals surface area (Å²) in [6.07, 6.45) is 8.18. The van der Waals surface area contributed by atoms with E-state index in [1.165, 1.54) is 23.4 Å². The molecule has 1 saturated heterocycles. The highest BCUT2D eigenvalue weighted by Gasteiger charge is 2.24. The van der Waals surface area contributed by atoms with Crippen LogP contribution in [0.2, 0.25) is 0 Å². The number of aromatic nitrogens is 2. The highest BCUT2D eigenvalue weighted by atomic mass is 32.1. The van der Waals surface area contributed by atoms with Crippen LogP contribution in [0.15, 0.2) is 17.1 Å². The fourth-order valence-corrected chi connectivity index (χ4v) is 5.33. The summed E-state index contributed by atoms with van der Waals surface area (Å²) in [7, 11) is 0. The van der Waals surface area contributed by atoms with Gasteiger partial charge in [-0.25, -0.2) is 4.98 Å². The quantitative estimate of drug-likeness (QED) is 0.827. The molecule has 2 aliphatic rings. The van der Waals surface area contributed by atoms with Gasteiger partial charge in [0.2, 0.25) is 0 Å². The Hall–Kier alpha value is -1.99. The number of nitrogens with one attached hydrogen (secondary N) is 2. The zero-order chi connectivity index (χ0) is 19.7. The molecule has 6 nitrogen and oxygen atoms in total. The van der Waals surface area contributed by atoms with Crippen molar-refractivity contribution in [1.29, 1.82) is 0 Å². The van der Waals surface area contributed by atoms with Crippen molar-refractivity contribution in [3.05, 3.63) is 49.3 Å². The van der Waals surface area contributed by atoms with Crippen LogP contribution in [0.3, 0.4) is 0 Å². The van der Waals surface area contributed by atoms with Gasteiger partial charge < -0.3 is 15.2 Å². The van der Waals surface area contributed by atoms with Gasteiger partial charge in [0.05, 0.1) is 11.7 Å². The second-order valence-electron chi connectivity index (χ2n) is 7.89. The molecule has 0 saturated carbocycles. The van der Waals surface area contributed by atoms with Gasteiger partial charge >= 0.3 is 0 Å². The number of carbonyl (C=O) groups is 1. The Kier molecular flexibility index (Phi) is 5.64. The number of nitrogens with zero attached hydrogens (tertiary/aromatic N) is 2. The molecule has 150 valence electrons. The maximum absolute atomic E-state index is 13.1. The van der Waals surface area contributed by atoms with E-state index in [0.29, 0.717) is 0 Å². The first-order valence-electron chi connectivity index (χ1n) is 10.3. The second kappa shape index (κ2) is 8.17. The van der Waals surface area contributed by atoms with E-state index in [1.54, 1.807) is 15.9 Å². The minimum Gasteiger partial charge on any atom is -0.343 e. The summed E-state index contributed by atoms with van der Waals surface area (Å²) in [5.41, 5.74) is 1.99. The van der Waals surface area contributed by atoms with Gasteiger partial charge in [-0.15, -0.1) is 11.3 Å². The Morgan fingerprint density at radius 2 is 2.07 bits per heavy atom. The first-order chi connectivity index (χ1) is 13.5. The topological polar surface area (TPSA) is 76.0 Å². The molecule has 2 aromatic rings. The van der Waals surface area contributed by atoms with Crippen LogP contribution in [0.4, 0.5) is 0 Å². The second-order valence-corrected chi connectivity index (χ2v) is 9.01. The normalized spacial score (nSPS) is 18.5. The molecule has 0 aromatic carbocycles. The van der Waals surface area contributed by atoms with Gasteiger partial charge in [0.1, 0.15) is 10.6 Å². The molecule has 0 spiro atoms. The van der Waals surface area contributed by atoms with Crippen molar-refractivity contribution in [1.82, 2.24) is 20.2 Å². The summed E-state index contributed by atoms with van der Waals surface area (Å²) in [5, 5.41) is 7.27. The molecule has 2 aromatic heterocycles. The number of amides is 1. The predicted octanol–water partition coefficient (Wildman–Crippen LogP) is 2.91. The van der Waals surface area contributed by atoms with Crippen LogP contribution in [-0.2, 0) is 12.8 Å². The number of aryl methyl sites for hydroxylation is 3. The van der Waals surface area contributed by atoms with Crippen LogP contribution in [0, 0.1) is 6.92 Å². The molecule has 28 heavy (non-hydrogen) atoms. The summed E-state index contributed by atoms with van der Waals surface area (Å²) in [6, 6.07) is 1.84. The number of pyridine rings is 1. The van der Waals surface area contributed by atoms with Crippen LogP contribution in [0.5, 0.6) is 0 Å². The maximum atomic E-state index is 13.1. The van der Waals surface area contributed by atoms with Crippen LogP contribution in [0.25, 0.3) is 0 Å². The molecule has 1 fully saturated rings. The van der Waals surface area contributed by atoms with Gasteiger partial charge in [-0.3, -0.25) is 9.59 Å². The Bertz CT molecular complexity index is 903. The molecule has 4 rings (SSSR count). The van der Waals surface area contributed by atoms with Crippen molar-refractivity contribution in [3.63, 3.8) is 0 Å². The third-order valence-electron chi connectivity index (χ3n) is 5.84. The van der Waals surface area contributed by atoms with Gasteiger partial charge in [0.15, 0.2) is 0 Å². The van der Waals surface area contributed by atoms with Gasteiger partial charge in [-0.05, 0) is 77.1 Å². The molecule has 3 heterocycles. The molecule has 1 amide bonds. The van der Waals surface area contributed by atoms with E-state index in [9.17, 15) is 9.59 Å². The lowest BCUT2D eigenvalue weighted by atomic mass is 10.0. The highest BCUT2D eigenvalue weighted by molar-refractivity contribution is 7.11. The van der Waals surface area contributed by atoms with Crippen LogP contribution < -0.4 is 16.2 Å². The monoisotopic (exact) mass is 400 g/mol. The Labute approximate surface area is 169 Å². The number of thiazole rings is 1. The Balaban J connectivity index is 1.55. The zero-order valence-corrected chi connectivity index (χ0v) is 17.4. The van der Waals surface area contributed by atoms with E-state index in [0.717, 1.165) is 49.3 Å². The third kappa shape index (κ3) is 3.78. The molecule has 0 bridgehead atoms. The lowest BCUT2D eigenvalue weighted by molar-refractivity contribution is 0.0936. The maximum Gasteiger partial charge on any atom is 0.263 e. The van der Waals surface area contributed by atoms with Gasteiger partial charge in [0, 0.05) is 17.1 Å². The lowest BCUT2D eigenvalue weighted by Crippen LogP contribution is -2.39. The fourth-order valence-electron chi connectivity index (χ4n) is 4.18. The molecule has 0 radical (unpaired) electrons. The van der Waals surface area contributed by atoms with Crippen molar-refractivity contribution in [2.24, 2.45) is 0 Å². The number of rotatable bonds is 4. The van der Waals surface area contributed by atoms with Crippen molar-refractivity contribution >= 4 is 17.2 Å². The summed E-state index contributed by atoms with van der Waals surface area (Å²) in [5.74, 6) is -0.300. The Morgan fingerprint density at radius 1 is 1.32 bits per heavy atom. The van der Waals surface area contributed by atoms with E-state index in [2.05, 4.69) is 10.6 Å². The molecule has 1 atom stereocenters. The fraction of sp³-hybridized carbons (Fsp3) is 0.571. The van der Waals surface area contributed by atoms with Gasteiger partial charge in [-0.2, -0.15) is 0 Å². The van der Waals surface area contributed by atoms with Crippen LogP contribution in [-0.4, -0.2) is 28.5 Å². The predicted molar refractivity (Wildman–Crippen MR) is 111 cm³/mol. The van der Waals surface area contributed by atoms with E-state index in [1.807, 2.05) is 26.1 Å². The number of carbonyl (C=O) groups excluding carboxylic acids is 1. The van der Waals surface area contributed by atoms with E-state index >= 15 is 0 Å². The molecular weight excluding hydrogens is 372 g/mol. The van der Waals surface area contributed by atoms with Crippen molar-refractivity contribution in [3.8, 4) is 0 Å². The van der Waals surface area contributed by atoms with Crippen molar-refractivity contribution in [2.75, 3.05) is 13.1 Å². The smallest absolute Gasteiger partial charge is 0.263 e. The molecule has 1 aliphatic heterocycles. The molecular formula is C21H28N4O2S.